The minimum absolute atomic E-state index is 0.0145. The van der Waals surface area contributed by atoms with Gasteiger partial charge in [0.05, 0.1) is 35.3 Å². The zero-order valence-electron chi connectivity index (χ0n) is 40.6. The van der Waals surface area contributed by atoms with Gasteiger partial charge >= 0.3 is 27.6 Å². The fraction of sp³-hybridized carbons (Fsp3) is 0.396. The van der Waals surface area contributed by atoms with Gasteiger partial charge in [0.15, 0.2) is 0 Å². The second-order valence-corrected chi connectivity index (χ2v) is 19.3. The number of amides is 2. The van der Waals surface area contributed by atoms with Crippen LogP contribution in [0.3, 0.4) is 0 Å². The minimum Gasteiger partial charge on any atom is -0.466 e. The monoisotopic (exact) mass is 1030 g/mol. The van der Waals surface area contributed by atoms with Crippen LogP contribution in [0.15, 0.2) is 102 Å². The number of fused-ring (bicyclic) bond motifs is 2. The van der Waals surface area contributed by atoms with E-state index in [-0.39, 0.29) is 71.9 Å². The maximum absolute atomic E-state index is 13.3. The summed E-state index contributed by atoms with van der Waals surface area (Å²) in [5.41, 5.74) is -0.851. The molecule has 0 saturated carbocycles. The number of hydrogen-bond donors (Lipinski definition) is 1. The average Bonchev–Trinajstić information content (AvgIpc) is 4.09. The third-order valence-electron chi connectivity index (χ3n) is 12.6. The number of carbonyl (C=O) groups is 4. The van der Waals surface area contributed by atoms with Crippen LogP contribution >= 0.6 is 0 Å². The Labute approximate surface area is 420 Å². The van der Waals surface area contributed by atoms with Gasteiger partial charge in [-0.05, 0) is 113 Å². The van der Waals surface area contributed by atoms with Gasteiger partial charge in [-0.25, -0.2) is 15.0 Å². The van der Waals surface area contributed by atoms with Crippen molar-refractivity contribution in [3.63, 3.8) is 0 Å². The number of hydrogen-bond acceptors (Lipinski definition) is 13. The fourth-order valence-electron chi connectivity index (χ4n) is 8.85. The number of halogens is 3. The van der Waals surface area contributed by atoms with E-state index in [2.05, 4.69) is 36.3 Å². The number of aromatic nitrogens is 4. The number of nitrogens with zero attached hydrogens (tertiary/aromatic N) is 5. The van der Waals surface area contributed by atoms with Crippen molar-refractivity contribution in [2.75, 3.05) is 39.4 Å². The first kappa shape index (κ1) is 53.6. The van der Waals surface area contributed by atoms with E-state index < -0.39 is 27.5 Å². The number of rotatable bonds is 18. The SMILES string of the molecule is CCOC(=O)CCCCc1nc2cc(C(=O)N3CCC(c4ccccc4)C3)ccc2[nH]c1=O.CCOC(=O)CCCCc1nc2cc(C(=O)N3CCC(c4ccccc4)C3)ccc2nc1OS(=O)(=O)C(F)(F)F. The van der Waals surface area contributed by atoms with E-state index in [1.165, 1.54) is 23.8 Å². The van der Waals surface area contributed by atoms with Crippen LogP contribution < -0.4 is 9.74 Å². The van der Waals surface area contributed by atoms with E-state index in [9.17, 15) is 45.6 Å². The number of carbonyl (C=O) groups excluding carboxylic acids is 4. The molecule has 4 heterocycles. The molecule has 2 aromatic heterocycles. The Kier molecular flexibility index (Phi) is 18.0. The Morgan fingerprint density at radius 2 is 1.14 bits per heavy atom. The van der Waals surface area contributed by atoms with Crippen LogP contribution in [0.5, 0.6) is 5.88 Å². The van der Waals surface area contributed by atoms with Crippen molar-refractivity contribution in [1.82, 2.24) is 29.7 Å². The molecule has 2 aliphatic heterocycles. The highest BCUT2D eigenvalue weighted by Gasteiger charge is 2.49. The molecule has 2 unspecified atom stereocenters. The van der Waals surface area contributed by atoms with Crippen molar-refractivity contribution in [2.45, 2.75) is 95.4 Å². The normalized spacial score (nSPS) is 15.7. The number of likely N-dealkylation sites (tertiary alicyclic amines) is 2. The van der Waals surface area contributed by atoms with E-state index >= 15 is 0 Å². The van der Waals surface area contributed by atoms with E-state index in [0.29, 0.717) is 92.1 Å². The van der Waals surface area contributed by atoms with Crippen LogP contribution in [0.2, 0.25) is 0 Å². The molecule has 2 atom stereocenters. The van der Waals surface area contributed by atoms with Gasteiger partial charge in [-0.2, -0.15) is 21.6 Å². The van der Waals surface area contributed by atoms with Crippen molar-refractivity contribution in [1.29, 1.82) is 0 Å². The smallest absolute Gasteiger partial charge is 0.466 e. The average molecular weight is 1030 g/mol. The number of esters is 2. The van der Waals surface area contributed by atoms with Gasteiger partial charge in [0.1, 0.15) is 11.4 Å². The maximum Gasteiger partial charge on any atom is 0.534 e. The molecule has 2 fully saturated rings. The largest absolute Gasteiger partial charge is 0.534 e. The lowest BCUT2D eigenvalue weighted by atomic mass is 9.99. The predicted octanol–water partition coefficient (Wildman–Crippen LogP) is 8.59. The van der Waals surface area contributed by atoms with Crippen LogP contribution in [-0.2, 0) is 42.0 Å². The second kappa shape index (κ2) is 24.5. The standard InChI is InChI=1S/C27H28F3N3O6S.C26H29N3O4/c1-2-38-24(34)11-7-6-10-22-25(39-40(36,37)27(28,29)30)32-21-13-12-19(16-23(21)31-22)26(35)33-15-14-20(17-33)18-8-4-3-5-9-18;1-2-33-24(30)11-7-6-10-22-25(31)28-21-13-12-19(16-23(21)27-22)26(32)29-15-14-20(17-29)18-8-4-3-5-9-18/h3-5,8-9,12-13,16,20H,2,6-7,10-11,14-15,17H2,1H3;3-5,8-9,12-13,16,20H,2,6-7,10-11,14-15,17H2,1H3,(H,28,31). The van der Waals surface area contributed by atoms with Crippen molar-refractivity contribution >= 4 is 55.9 Å². The lowest BCUT2D eigenvalue weighted by Crippen LogP contribution is -2.29. The van der Waals surface area contributed by atoms with E-state index in [0.717, 1.165) is 24.9 Å². The van der Waals surface area contributed by atoms with Crippen molar-refractivity contribution < 1.29 is 54.4 Å². The van der Waals surface area contributed by atoms with Gasteiger partial charge in [-0.3, -0.25) is 24.0 Å². The molecule has 8 rings (SSSR count). The summed E-state index contributed by atoms with van der Waals surface area (Å²) in [5.74, 6) is -1.13. The summed E-state index contributed by atoms with van der Waals surface area (Å²) in [6.07, 6.45) is 4.50. The van der Waals surface area contributed by atoms with Crippen LogP contribution in [-0.4, -0.2) is 107 Å². The summed E-state index contributed by atoms with van der Waals surface area (Å²) in [6, 6.07) is 29.8. The predicted molar refractivity (Wildman–Crippen MR) is 265 cm³/mol. The zero-order chi connectivity index (χ0) is 52.1. The highest BCUT2D eigenvalue weighted by Crippen LogP contribution is 2.32. The number of nitrogens with one attached hydrogen (secondary N) is 1. The molecule has 0 aliphatic carbocycles. The van der Waals surface area contributed by atoms with E-state index in [1.54, 1.807) is 36.9 Å². The molecule has 2 saturated heterocycles. The Balaban J connectivity index is 0.000000218. The lowest BCUT2D eigenvalue weighted by molar-refractivity contribution is -0.144. The summed E-state index contributed by atoms with van der Waals surface area (Å²) in [4.78, 5) is 81.1. The molecule has 4 aromatic carbocycles. The number of unbranched alkanes of at least 4 members (excludes halogenated alkanes) is 2. The van der Waals surface area contributed by atoms with Gasteiger partial charge in [0.25, 0.3) is 23.3 Å². The highest BCUT2D eigenvalue weighted by molar-refractivity contribution is 7.88. The lowest BCUT2D eigenvalue weighted by Gasteiger charge is -2.17. The Hall–Kier alpha value is -7.22. The van der Waals surface area contributed by atoms with Crippen LogP contribution in [0.4, 0.5) is 13.2 Å². The first-order chi connectivity index (χ1) is 35.0. The fourth-order valence-corrected chi connectivity index (χ4v) is 9.29. The van der Waals surface area contributed by atoms with E-state index in [1.807, 2.05) is 53.4 Å². The zero-order valence-corrected chi connectivity index (χ0v) is 41.4. The number of benzene rings is 4. The summed E-state index contributed by atoms with van der Waals surface area (Å²) in [5, 5.41) is 0. The Bertz CT molecular complexity index is 3090. The summed E-state index contributed by atoms with van der Waals surface area (Å²) >= 11 is 0. The van der Waals surface area contributed by atoms with Crippen LogP contribution in [0, 0.1) is 0 Å². The van der Waals surface area contributed by atoms with Gasteiger partial charge in [0.2, 0.25) is 0 Å². The second-order valence-electron chi connectivity index (χ2n) is 17.7. The van der Waals surface area contributed by atoms with Crippen molar-refractivity contribution in [3.8, 4) is 5.88 Å². The van der Waals surface area contributed by atoms with Crippen LogP contribution in [0.1, 0.15) is 120 Å². The molecule has 6 aromatic rings. The number of aromatic amines is 1. The molecule has 73 heavy (non-hydrogen) atoms. The molecule has 1 N–H and O–H groups in total. The Morgan fingerprint density at radius 3 is 1.66 bits per heavy atom. The summed E-state index contributed by atoms with van der Waals surface area (Å²) < 4.78 is 76.5. The number of ether oxygens (including phenoxy) is 2. The summed E-state index contributed by atoms with van der Waals surface area (Å²) in [7, 11) is -5.99. The molecule has 0 radical (unpaired) electrons. The van der Waals surface area contributed by atoms with Crippen LogP contribution in [0.25, 0.3) is 22.1 Å². The Morgan fingerprint density at radius 1 is 0.644 bits per heavy atom. The van der Waals surface area contributed by atoms with Crippen molar-refractivity contribution in [3.05, 3.63) is 141 Å². The molecular formula is C53H57F3N6O10S. The molecule has 2 amide bonds. The highest BCUT2D eigenvalue weighted by atomic mass is 32.2. The molecule has 16 nitrogen and oxygen atoms in total. The topological polar surface area (TPSA) is 208 Å². The minimum atomic E-state index is -5.99. The molecular weight excluding hydrogens is 970 g/mol. The summed E-state index contributed by atoms with van der Waals surface area (Å²) in [6.45, 7) is 6.56. The third-order valence-corrected chi connectivity index (χ3v) is 13.6. The van der Waals surface area contributed by atoms with Gasteiger partial charge in [-0.1, -0.05) is 60.7 Å². The molecule has 0 spiro atoms. The molecule has 2 aliphatic rings. The van der Waals surface area contributed by atoms with E-state index in [4.69, 9.17) is 9.47 Å². The van der Waals surface area contributed by atoms with Crippen molar-refractivity contribution in [2.24, 2.45) is 0 Å². The molecule has 386 valence electrons. The molecule has 0 bridgehead atoms. The quantitative estimate of drug-likeness (QED) is 0.0371. The third kappa shape index (κ3) is 14.1. The van der Waals surface area contributed by atoms with Gasteiger partial charge in [0, 0.05) is 62.0 Å². The first-order valence-corrected chi connectivity index (χ1v) is 25.8. The number of alkyl halides is 3. The number of H-pyrrole nitrogens is 1. The van der Waals surface area contributed by atoms with Gasteiger partial charge in [-0.15, -0.1) is 0 Å². The number of aryl methyl sites for hydroxylation is 2. The van der Waals surface area contributed by atoms with Gasteiger partial charge < -0.3 is 28.4 Å². The maximum atomic E-state index is 13.3. The molecule has 20 heteroatoms. The first-order valence-electron chi connectivity index (χ1n) is 24.4.